The third-order valence-electron chi connectivity index (χ3n) is 4.47. The maximum Gasteiger partial charge on any atom is 0.251 e. The summed E-state index contributed by atoms with van der Waals surface area (Å²) in [6.45, 7) is 4.21. The number of hydrogen-bond donors (Lipinski definition) is 2. The van der Waals surface area contributed by atoms with E-state index in [0.717, 1.165) is 42.7 Å². The van der Waals surface area contributed by atoms with Crippen molar-refractivity contribution in [1.82, 2.24) is 10.3 Å². The van der Waals surface area contributed by atoms with E-state index in [0.29, 0.717) is 23.8 Å². The molecule has 1 aliphatic rings. The van der Waals surface area contributed by atoms with Gasteiger partial charge in [-0.3, -0.25) is 4.79 Å². The molecule has 1 amide bonds. The molecule has 0 radical (unpaired) electrons. The summed E-state index contributed by atoms with van der Waals surface area (Å²) in [5.41, 5.74) is 9.29. The molecule has 2 heterocycles. The lowest BCUT2D eigenvalue weighted by atomic mass is 10.00. The fourth-order valence-electron chi connectivity index (χ4n) is 2.87. The molecule has 0 unspecified atom stereocenters. The molecule has 0 saturated carbocycles. The molecule has 3 N–H and O–H groups in total. The zero-order valence-corrected chi connectivity index (χ0v) is 13.9. The maximum atomic E-state index is 12.4. The predicted molar refractivity (Wildman–Crippen MR) is 94.7 cm³/mol. The summed E-state index contributed by atoms with van der Waals surface area (Å²) >= 11 is 0. The molecule has 24 heavy (non-hydrogen) atoms. The number of nitrogens with two attached hydrogens (primary N) is 1. The molecule has 1 aromatic carbocycles. The summed E-state index contributed by atoms with van der Waals surface area (Å²) in [5, 5.41) is 3.04. The molecule has 0 atom stereocenters. The number of aromatic nitrogens is 1. The van der Waals surface area contributed by atoms with E-state index in [-0.39, 0.29) is 5.91 Å². The first-order valence-electron chi connectivity index (χ1n) is 8.32. The highest BCUT2D eigenvalue weighted by atomic mass is 16.5. The zero-order chi connectivity index (χ0) is 16.9. The molecule has 1 saturated heterocycles. The van der Waals surface area contributed by atoms with Gasteiger partial charge in [0.25, 0.3) is 5.91 Å². The second-order valence-electron chi connectivity index (χ2n) is 6.27. The van der Waals surface area contributed by atoms with Crippen molar-refractivity contribution >= 4 is 11.7 Å². The fourth-order valence-corrected chi connectivity index (χ4v) is 2.87. The van der Waals surface area contributed by atoms with Crippen molar-refractivity contribution in [2.75, 3.05) is 25.5 Å². The molecule has 126 valence electrons. The molecule has 5 nitrogen and oxygen atoms in total. The summed E-state index contributed by atoms with van der Waals surface area (Å²) in [4.78, 5) is 16.6. The molecule has 1 aliphatic heterocycles. The second kappa shape index (κ2) is 7.45. The first kappa shape index (κ1) is 16.5. The van der Waals surface area contributed by atoms with Gasteiger partial charge in [0.15, 0.2) is 0 Å². The number of anilines is 1. The quantitative estimate of drug-likeness (QED) is 0.906. The number of carbonyl (C=O) groups excluding carboxylic acids is 1. The fraction of sp³-hybridized carbons (Fsp3) is 0.368. The van der Waals surface area contributed by atoms with Gasteiger partial charge in [-0.05, 0) is 55.0 Å². The van der Waals surface area contributed by atoms with Gasteiger partial charge in [0.1, 0.15) is 5.82 Å². The molecular weight excluding hydrogens is 302 g/mol. The third kappa shape index (κ3) is 3.92. The topological polar surface area (TPSA) is 77.2 Å². The van der Waals surface area contributed by atoms with Crippen molar-refractivity contribution < 1.29 is 9.53 Å². The van der Waals surface area contributed by atoms with E-state index in [2.05, 4.69) is 10.3 Å². The number of nitrogens with one attached hydrogen (secondary N) is 1. The van der Waals surface area contributed by atoms with E-state index >= 15 is 0 Å². The lowest BCUT2D eigenvalue weighted by Crippen LogP contribution is -2.32. The van der Waals surface area contributed by atoms with Crippen molar-refractivity contribution in [2.45, 2.75) is 19.8 Å². The van der Waals surface area contributed by atoms with Crippen molar-refractivity contribution in [3.63, 3.8) is 0 Å². The number of amides is 1. The first-order chi connectivity index (χ1) is 11.6. The Hall–Kier alpha value is -2.40. The van der Waals surface area contributed by atoms with Crippen LogP contribution in [0.2, 0.25) is 0 Å². The van der Waals surface area contributed by atoms with Gasteiger partial charge in [-0.2, -0.15) is 0 Å². The Morgan fingerprint density at radius 1 is 1.29 bits per heavy atom. The van der Waals surface area contributed by atoms with Crippen LogP contribution in [0, 0.1) is 12.8 Å². The average molecular weight is 325 g/mol. The number of rotatable bonds is 4. The first-order valence-corrected chi connectivity index (χ1v) is 8.32. The minimum atomic E-state index is -0.0385. The highest BCUT2D eigenvalue weighted by Crippen LogP contribution is 2.22. The molecular formula is C19H23N3O2. The van der Waals surface area contributed by atoms with E-state index in [1.807, 2.05) is 37.3 Å². The van der Waals surface area contributed by atoms with Crippen LogP contribution in [-0.4, -0.2) is 30.6 Å². The summed E-state index contributed by atoms with van der Waals surface area (Å²) < 4.78 is 5.35. The van der Waals surface area contributed by atoms with Crippen molar-refractivity contribution in [2.24, 2.45) is 5.92 Å². The van der Waals surface area contributed by atoms with Gasteiger partial charge in [0, 0.05) is 37.1 Å². The van der Waals surface area contributed by atoms with Crippen LogP contribution >= 0.6 is 0 Å². The molecule has 0 aliphatic carbocycles. The second-order valence-corrected chi connectivity index (χ2v) is 6.27. The van der Waals surface area contributed by atoms with Gasteiger partial charge in [0.2, 0.25) is 0 Å². The molecule has 1 aromatic heterocycles. The number of pyridine rings is 1. The van der Waals surface area contributed by atoms with Crippen LogP contribution in [-0.2, 0) is 4.74 Å². The van der Waals surface area contributed by atoms with Crippen LogP contribution in [0.4, 0.5) is 5.82 Å². The number of nitrogens with zero attached hydrogens (tertiary/aromatic N) is 1. The number of carbonyl (C=O) groups is 1. The summed E-state index contributed by atoms with van der Waals surface area (Å²) in [6.07, 6.45) is 3.76. The third-order valence-corrected chi connectivity index (χ3v) is 4.47. The van der Waals surface area contributed by atoms with Gasteiger partial charge in [-0.25, -0.2) is 4.98 Å². The Bertz CT molecular complexity index is 724. The molecule has 1 fully saturated rings. The molecule has 3 rings (SSSR count). The van der Waals surface area contributed by atoms with Crippen LogP contribution < -0.4 is 11.1 Å². The minimum Gasteiger partial charge on any atom is -0.383 e. The van der Waals surface area contributed by atoms with Gasteiger partial charge in [-0.1, -0.05) is 12.1 Å². The van der Waals surface area contributed by atoms with E-state index < -0.39 is 0 Å². The van der Waals surface area contributed by atoms with Gasteiger partial charge in [-0.15, -0.1) is 0 Å². The minimum absolute atomic E-state index is 0.0385. The standard InChI is InChI=1S/C19H23N3O2/c1-13-9-17(12-21-18(13)20)15-3-2-4-16(10-15)19(23)22-11-14-5-7-24-8-6-14/h2-4,9-10,12,14H,5-8,11H2,1H3,(H2,20,21)(H,22,23). The molecule has 0 bridgehead atoms. The van der Waals surface area contributed by atoms with Crippen LogP contribution in [0.3, 0.4) is 0 Å². The predicted octanol–water partition coefficient (Wildman–Crippen LogP) is 2.80. The van der Waals surface area contributed by atoms with E-state index in [4.69, 9.17) is 10.5 Å². The van der Waals surface area contributed by atoms with Crippen LogP contribution in [0.25, 0.3) is 11.1 Å². The highest BCUT2D eigenvalue weighted by Gasteiger charge is 2.15. The number of benzene rings is 1. The van der Waals surface area contributed by atoms with E-state index in [1.54, 1.807) is 6.20 Å². The van der Waals surface area contributed by atoms with E-state index in [9.17, 15) is 4.79 Å². The Morgan fingerprint density at radius 3 is 2.83 bits per heavy atom. The van der Waals surface area contributed by atoms with Crippen LogP contribution in [0.5, 0.6) is 0 Å². The normalized spacial score (nSPS) is 15.2. The molecule has 2 aromatic rings. The Morgan fingerprint density at radius 2 is 2.08 bits per heavy atom. The van der Waals surface area contributed by atoms with Crippen molar-refractivity contribution in [3.05, 3.63) is 47.7 Å². The average Bonchev–Trinajstić information content (AvgIpc) is 2.63. The van der Waals surface area contributed by atoms with Crippen molar-refractivity contribution in [1.29, 1.82) is 0 Å². The number of nitrogen functional groups attached to an aromatic ring is 1. The lowest BCUT2D eigenvalue weighted by Gasteiger charge is -2.22. The number of ether oxygens (including phenoxy) is 1. The molecule has 0 spiro atoms. The van der Waals surface area contributed by atoms with Crippen LogP contribution in [0.1, 0.15) is 28.8 Å². The SMILES string of the molecule is Cc1cc(-c2cccc(C(=O)NCC3CCOCC3)c2)cnc1N. The summed E-state index contributed by atoms with van der Waals surface area (Å²) in [6, 6.07) is 9.58. The maximum absolute atomic E-state index is 12.4. The van der Waals surface area contributed by atoms with Crippen molar-refractivity contribution in [3.8, 4) is 11.1 Å². The largest absolute Gasteiger partial charge is 0.383 e. The number of aryl methyl sites for hydroxylation is 1. The summed E-state index contributed by atoms with van der Waals surface area (Å²) in [5.74, 6) is 1.00. The lowest BCUT2D eigenvalue weighted by molar-refractivity contribution is 0.0642. The van der Waals surface area contributed by atoms with Gasteiger partial charge < -0.3 is 15.8 Å². The number of hydrogen-bond acceptors (Lipinski definition) is 4. The van der Waals surface area contributed by atoms with E-state index in [1.165, 1.54) is 0 Å². The summed E-state index contributed by atoms with van der Waals surface area (Å²) in [7, 11) is 0. The monoisotopic (exact) mass is 325 g/mol. The Balaban J connectivity index is 1.69. The highest BCUT2D eigenvalue weighted by molar-refractivity contribution is 5.95. The Kier molecular flexibility index (Phi) is 5.11. The van der Waals surface area contributed by atoms with Gasteiger partial charge >= 0.3 is 0 Å². The van der Waals surface area contributed by atoms with Crippen LogP contribution in [0.15, 0.2) is 36.5 Å². The zero-order valence-electron chi connectivity index (χ0n) is 13.9. The smallest absolute Gasteiger partial charge is 0.251 e. The van der Waals surface area contributed by atoms with Gasteiger partial charge in [0.05, 0.1) is 0 Å². The molecule has 5 heteroatoms. The Labute approximate surface area is 142 Å².